The molecule has 1 atom stereocenters. The van der Waals surface area contributed by atoms with Crippen molar-refractivity contribution in [3.63, 3.8) is 0 Å². The maximum absolute atomic E-state index is 5.47. The van der Waals surface area contributed by atoms with Crippen LogP contribution in [0.4, 0.5) is 0 Å². The molecule has 0 amide bonds. The molecule has 1 aromatic heterocycles. The van der Waals surface area contributed by atoms with Crippen LogP contribution in [0.1, 0.15) is 5.56 Å². The van der Waals surface area contributed by atoms with Gasteiger partial charge in [-0.15, -0.1) is 11.3 Å². The molecule has 1 aliphatic rings. The fourth-order valence-corrected chi connectivity index (χ4v) is 3.50. The van der Waals surface area contributed by atoms with Gasteiger partial charge in [0.15, 0.2) is 0 Å². The zero-order valence-electron chi connectivity index (χ0n) is 8.29. The summed E-state index contributed by atoms with van der Waals surface area (Å²) in [5.41, 5.74) is 1.38. The van der Waals surface area contributed by atoms with Gasteiger partial charge in [0.1, 0.15) is 0 Å². The summed E-state index contributed by atoms with van der Waals surface area (Å²) in [4.78, 5) is 2.48. The van der Waals surface area contributed by atoms with Gasteiger partial charge in [0, 0.05) is 24.5 Å². The van der Waals surface area contributed by atoms with E-state index in [9.17, 15) is 0 Å². The molecule has 0 aromatic carbocycles. The summed E-state index contributed by atoms with van der Waals surface area (Å²) >= 11 is 8.88. The Morgan fingerprint density at radius 1 is 1.60 bits per heavy atom. The van der Waals surface area contributed by atoms with Crippen LogP contribution in [-0.2, 0) is 11.3 Å². The van der Waals surface area contributed by atoms with Gasteiger partial charge in [-0.05, 0) is 32.9 Å². The molecule has 0 aliphatic carbocycles. The normalized spacial score (nSPS) is 23.2. The van der Waals surface area contributed by atoms with Gasteiger partial charge >= 0.3 is 0 Å². The summed E-state index contributed by atoms with van der Waals surface area (Å²) < 4.78 is 6.72. The third-order valence-corrected chi connectivity index (χ3v) is 5.15. The van der Waals surface area contributed by atoms with Gasteiger partial charge in [0.2, 0.25) is 0 Å². The van der Waals surface area contributed by atoms with Crippen LogP contribution in [0.15, 0.2) is 15.2 Å². The molecule has 1 fully saturated rings. The lowest BCUT2D eigenvalue weighted by Crippen LogP contribution is -2.45. The predicted octanol–water partition coefficient (Wildman–Crippen LogP) is 3.11. The van der Waals surface area contributed by atoms with E-state index >= 15 is 0 Å². The summed E-state index contributed by atoms with van der Waals surface area (Å²) in [7, 11) is 0. The van der Waals surface area contributed by atoms with Crippen LogP contribution in [0.5, 0.6) is 0 Å². The van der Waals surface area contributed by atoms with Gasteiger partial charge in [0.25, 0.3) is 0 Å². The smallest absolute Gasteiger partial charge is 0.0743 e. The number of nitrogens with zero attached hydrogens (tertiary/aromatic N) is 1. The van der Waals surface area contributed by atoms with Crippen molar-refractivity contribution in [1.29, 1.82) is 0 Å². The van der Waals surface area contributed by atoms with E-state index in [1.165, 1.54) is 9.35 Å². The second-order valence-electron chi connectivity index (χ2n) is 3.57. The standard InChI is InChI=1S/C10H13Br2NOS/c11-5-9-7-14-3-2-13(9)6-8-1-4-15-10(8)12/h1,4,9H,2-3,5-7H2. The van der Waals surface area contributed by atoms with Crippen molar-refractivity contribution in [3.05, 3.63) is 20.8 Å². The van der Waals surface area contributed by atoms with Crippen LogP contribution in [0.2, 0.25) is 0 Å². The number of hydrogen-bond acceptors (Lipinski definition) is 3. The number of morpholine rings is 1. The van der Waals surface area contributed by atoms with Crippen LogP contribution >= 0.6 is 43.2 Å². The van der Waals surface area contributed by atoms with Crippen molar-refractivity contribution >= 4 is 43.2 Å². The molecule has 2 rings (SSSR count). The van der Waals surface area contributed by atoms with Crippen LogP contribution in [-0.4, -0.2) is 36.0 Å². The molecular formula is C10H13Br2NOS. The van der Waals surface area contributed by atoms with Crippen molar-refractivity contribution < 1.29 is 4.74 Å². The first-order valence-electron chi connectivity index (χ1n) is 4.91. The van der Waals surface area contributed by atoms with Crippen LogP contribution < -0.4 is 0 Å². The van der Waals surface area contributed by atoms with Crippen LogP contribution in [0.25, 0.3) is 0 Å². The summed E-state index contributed by atoms with van der Waals surface area (Å²) in [5, 5.41) is 3.11. The minimum absolute atomic E-state index is 0.505. The van der Waals surface area contributed by atoms with E-state index in [1.54, 1.807) is 11.3 Å². The number of rotatable bonds is 3. The first kappa shape index (κ1) is 12.0. The fraction of sp³-hybridized carbons (Fsp3) is 0.600. The zero-order valence-corrected chi connectivity index (χ0v) is 12.3. The number of ether oxygens (including phenoxy) is 1. The highest BCUT2D eigenvalue weighted by Gasteiger charge is 2.22. The molecule has 0 saturated carbocycles. The SMILES string of the molecule is BrCC1COCCN1Cc1ccsc1Br. The summed E-state index contributed by atoms with van der Waals surface area (Å²) in [6.07, 6.45) is 0. The average molecular weight is 355 g/mol. The third kappa shape index (κ3) is 3.03. The van der Waals surface area contributed by atoms with Crippen LogP contribution in [0.3, 0.4) is 0 Å². The Morgan fingerprint density at radius 3 is 3.13 bits per heavy atom. The highest BCUT2D eigenvalue weighted by atomic mass is 79.9. The van der Waals surface area contributed by atoms with Gasteiger partial charge in [-0.25, -0.2) is 0 Å². The maximum atomic E-state index is 5.47. The van der Waals surface area contributed by atoms with E-state index in [-0.39, 0.29) is 0 Å². The summed E-state index contributed by atoms with van der Waals surface area (Å²) in [6.45, 7) is 3.74. The molecule has 0 radical (unpaired) electrons. The highest BCUT2D eigenvalue weighted by Crippen LogP contribution is 2.26. The van der Waals surface area contributed by atoms with Crippen LogP contribution in [0, 0.1) is 0 Å². The first-order chi connectivity index (χ1) is 7.31. The Balaban J connectivity index is 2.00. The minimum atomic E-state index is 0.505. The van der Waals surface area contributed by atoms with Gasteiger partial charge in [-0.3, -0.25) is 4.90 Å². The van der Waals surface area contributed by atoms with Gasteiger partial charge in [-0.1, -0.05) is 15.9 Å². The van der Waals surface area contributed by atoms with E-state index in [0.717, 1.165) is 31.6 Å². The lowest BCUT2D eigenvalue weighted by atomic mass is 10.2. The van der Waals surface area contributed by atoms with Crippen molar-refractivity contribution in [2.75, 3.05) is 25.1 Å². The molecule has 84 valence electrons. The topological polar surface area (TPSA) is 12.5 Å². The summed E-state index contributed by atoms with van der Waals surface area (Å²) in [6, 6.07) is 2.70. The Bertz CT molecular complexity index is 318. The molecular weight excluding hydrogens is 342 g/mol. The predicted molar refractivity (Wildman–Crippen MR) is 70.8 cm³/mol. The second-order valence-corrected chi connectivity index (χ2v) is 6.45. The molecule has 0 bridgehead atoms. The molecule has 5 heteroatoms. The van der Waals surface area contributed by atoms with Gasteiger partial charge in [0.05, 0.1) is 17.0 Å². The molecule has 0 spiro atoms. The van der Waals surface area contributed by atoms with Crippen molar-refractivity contribution in [1.82, 2.24) is 4.90 Å². The molecule has 2 nitrogen and oxygen atoms in total. The molecule has 15 heavy (non-hydrogen) atoms. The molecule has 1 unspecified atom stereocenters. The molecule has 1 saturated heterocycles. The van der Waals surface area contributed by atoms with E-state index < -0.39 is 0 Å². The zero-order chi connectivity index (χ0) is 10.7. The highest BCUT2D eigenvalue weighted by molar-refractivity contribution is 9.11. The second kappa shape index (κ2) is 5.77. The van der Waals surface area contributed by atoms with E-state index in [4.69, 9.17) is 4.74 Å². The van der Waals surface area contributed by atoms with E-state index in [1.807, 2.05) is 0 Å². The molecule has 2 heterocycles. The van der Waals surface area contributed by atoms with Crippen molar-refractivity contribution in [2.24, 2.45) is 0 Å². The third-order valence-electron chi connectivity index (χ3n) is 2.59. The van der Waals surface area contributed by atoms with E-state index in [0.29, 0.717) is 6.04 Å². The Morgan fingerprint density at radius 2 is 2.47 bits per heavy atom. The largest absolute Gasteiger partial charge is 0.378 e. The Hall–Kier alpha value is 0.580. The monoisotopic (exact) mass is 353 g/mol. The maximum Gasteiger partial charge on any atom is 0.0743 e. The van der Waals surface area contributed by atoms with Crippen molar-refractivity contribution in [3.8, 4) is 0 Å². The number of hydrogen-bond donors (Lipinski definition) is 0. The molecule has 1 aromatic rings. The number of halogens is 2. The Kier molecular flexibility index (Phi) is 4.64. The average Bonchev–Trinajstić information content (AvgIpc) is 2.65. The van der Waals surface area contributed by atoms with E-state index in [2.05, 4.69) is 48.2 Å². The summed E-state index contributed by atoms with van der Waals surface area (Å²) in [5.74, 6) is 0. The lowest BCUT2D eigenvalue weighted by Gasteiger charge is -2.34. The number of thiophene rings is 1. The first-order valence-corrected chi connectivity index (χ1v) is 7.70. The van der Waals surface area contributed by atoms with Gasteiger partial charge in [-0.2, -0.15) is 0 Å². The fourth-order valence-electron chi connectivity index (χ4n) is 1.69. The molecule has 1 aliphatic heterocycles. The number of alkyl halides is 1. The minimum Gasteiger partial charge on any atom is -0.378 e. The molecule has 0 N–H and O–H groups in total. The lowest BCUT2D eigenvalue weighted by molar-refractivity contribution is -0.00215. The van der Waals surface area contributed by atoms with Crippen molar-refractivity contribution in [2.45, 2.75) is 12.6 Å². The quantitative estimate of drug-likeness (QED) is 0.773. The Labute approximate surface area is 111 Å². The van der Waals surface area contributed by atoms with Gasteiger partial charge < -0.3 is 4.74 Å².